The van der Waals surface area contributed by atoms with E-state index in [0.717, 1.165) is 25.0 Å². The summed E-state index contributed by atoms with van der Waals surface area (Å²) in [5.74, 6) is -1.02. The molecule has 0 radical (unpaired) electrons. The van der Waals surface area contributed by atoms with Gasteiger partial charge >= 0.3 is 0 Å². The molecule has 1 aliphatic rings. The van der Waals surface area contributed by atoms with E-state index in [4.69, 9.17) is 0 Å². The van der Waals surface area contributed by atoms with E-state index in [2.05, 4.69) is 20.8 Å². The van der Waals surface area contributed by atoms with Crippen LogP contribution in [0.15, 0.2) is 29.2 Å². The summed E-state index contributed by atoms with van der Waals surface area (Å²) in [7, 11) is -3.59. The number of fused-ring (bicyclic) bond motifs is 1. The molecular formula is C15H18FN5O3S. The highest BCUT2D eigenvalue weighted by Crippen LogP contribution is 2.23. The molecule has 1 atom stereocenters. The minimum Gasteiger partial charge on any atom is -0.354 e. The number of aryl methyl sites for hydroxylation is 1. The van der Waals surface area contributed by atoms with Gasteiger partial charge in [0, 0.05) is 13.1 Å². The second-order valence-electron chi connectivity index (χ2n) is 5.87. The minimum atomic E-state index is -3.59. The van der Waals surface area contributed by atoms with E-state index in [-0.39, 0.29) is 23.1 Å². The molecule has 0 aliphatic carbocycles. The third-order valence-electron chi connectivity index (χ3n) is 4.14. The summed E-state index contributed by atoms with van der Waals surface area (Å²) in [4.78, 5) is 12.4. The van der Waals surface area contributed by atoms with Crippen LogP contribution in [0.4, 0.5) is 4.39 Å². The molecule has 3 rings (SSSR count). The lowest BCUT2D eigenvalue weighted by Gasteiger charge is -2.13. The maximum Gasteiger partial charge on any atom is 0.230 e. The predicted molar refractivity (Wildman–Crippen MR) is 85.9 cm³/mol. The topological polar surface area (TPSA) is 107 Å². The van der Waals surface area contributed by atoms with Crippen LogP contribution in [-0.2, 0) is 21.2 Å². The monoisotopic (exact) mass is 367 g/mol. The van der Waals surface area contributed by atoms with Gasteiger partial charge in [-0.25, -0.2) is 17.5 Å². The van der Waals surface area contributed by atoms with Gasteiger partial charge in [-0.15, -0.1) is 5.10 Å². The number of carbonyl (C=O) groups excluding carboxylic acids is 1. The average Bonchev–Trinajstić information content (AvgIpc) is 2.94. The first-order valence-corrected chi connectivity index (χ1v) is 9.65. The molecule has 10 heteroatoms. The van der Waals surface area contributed by atoms with Gasteiger partial charge in [-0.05, 0) is 47.5 Å². The molecule has 1 aliphatic heterocycles. The Bertz CT molecular complexity index is 850. The second-order valence-corrected chi connectivity index (χ2v) is 7.98. The Labute approximate surface area is 144 Å². The van der Waals surface area contributed by atoms with Crippen molar-refractivity contribution in [3.8, 4) is 0 Å². The van der Waals surface area contributed by atoms with Gasteiger partial charge in [-0.2, -0.15) is 0 Å². The zero-order chi connectivity index (χ0) is 17.9. The van der Waals surface area contributed by atoms with Crippen LogP contribution in [0, 0.1) is 5.82 Å². The summed E-state index contributed by atoms with van der Waals surface area (Å²) in [6.45, 7) is 0.641. The van der Waals surface area contributed by atoms with Crippen LogP contribution in [0.25, 0.3) is 0 Å². The van der Waals surface area contributed by atoms with Crippen molar-refractivity contribution in [3.05, 3.63) is 35.9 Å². The van der Waals surface area contributed by atoms with E-state index in [0.29, 0.717) is 18.8 Å². The molecule has 2 aromatic rings. The number of rotatable bonds is 5. The van der Waals surface area contributed by atoms with Gasteiger partial charge in [-0.1, -0.05) is 6.42 Å². The Morgan fingerprint density at radius 1 is 1.28 bits per heavy atom. The molecule has 8 nitrogen and oxygen atoms in total. The smallest absolute Gasteiger partial charge is 0.230 e. The first-order valence-electron chi connectivity index (χ1n) is 7.99. The van der Waals surface area contributed by atoms with Gasteiger partial charge in [0.2, 0.25) is 5.91 Å². The molecule has 0 saturated heterocycles. The van der Waals surface area contributed by atoms with Crippen molar-refractivity contribution in [3.63, 3.8) is 0 Å². The standard InChI is InChI=1S/C15H18FN5O3S/c16-11-4-6-12(7-5-11)25(23,24)10-8-17-15(22)13-3-1-2-9-21-14(13)18-19-20-21/h4-7,13H,1-3,8-10H2,(H,17,22)/t13-/m0/s1. The predicted octanol–water partition coefficient (Wildman–Crippen LogP) is 0.670. The number of benzene rings is 1. The molecule has 1 aromatic heterocycles. The summed E-state index contributed by atoms with van der Waals surface area (Å²) in [6.07, 6.45) is 2.37. The molecule has 134 valence electrons. The van der Waals surface area contributed by atoms with Crippen molar-refractivity contribution in [2.45, 2.75) is 36.6 Å². The van der Waals surface area contributed by atoms with E-state index in [1.807, 2.05) is 0 Å². The van der Waals surface area contributed by atoms with Gasteiger partial charge in [0.1, 0.15) is 5.82 Å². The Morgan fingerprint density at radius 2 is 2.04 bits per heavy atom. The SMILES string of the molecule is O=C(NCCS(=O)(=O)c1ccc(F)cc1)[C@H]1CCCCn2nnnc21. The molecule has 25 heavy (non-hydrogen) atoms. The molecule has 0 saturated carbocycles. The van der Waals surface area contributed by atoms with Crippen molar-refractivity contribution >= 4 is 15.7 Å². The summed E-state index contributed by atoms with van der Waals surface area (Å²) in [5, 5.41) is 14.0. The molecule has 0 spiro atoms. The van der Waals surface area contributed by atoms with Crippen LogP contribution >= 0.6 is 0 Å². The number of nitrogens with zero attached hydrogens (tertiary/aromatic N) is 4. The van der Waals surface area contributed by atoms with Gasteiger partial charge < -0.3 is 5.32 Å². The van der Waals surface area contributed by atoms with Crippen molar-refractivity contribution < 1.29 is 17.6 Å². The Morgan fingerprint density at radius 3 is 2.80 bits per heavy atom. The number of sulfone groups is 1. The first kappa shape index (κ1) is 17.5. The van der Waals surface area contributed by atoms with E-state index in [9.17, 15) is 17.6 Å². The van der Waals surface area contributed by atoms with E-state index in [1.165, 1.54) is 12.1 Å². The van der Waals surface area contributed by atoms with Gasteiger partial charge in [-0.3, -0.25) is 4.79 Å². The van der Waals surface area contributed by atoms with E-state index >= 15 is 0 Å². The number of halogens is 1. The maximum absolute atomic E-state index is 12.9. The van der Waals surface area contributed by atoms with Gasteiger partial charge in [0.25, 0.3) is 0 Å². The third-order valence-corrected chi connectivity index (χ3v) is 5.88. The average molecular weight is 367 g/mol. The van der Waals surface area contributed by atoms with Gasteiger partial charge in [0.05, 0.1) is 16.6 Å². The molecule has 1 aromatic carbocycles. The highest BCUT2D eigenvalue weighted by molar-refractivity contribution is 7.91. The Kier molecular flexibility index (Phi) is 5.07. The number of aromatic nitrogens is 4. The zero-order valence-corrected chi connectivity index (χ0v) is 14.2. The summed E-state index contributed by atoms with van der Waals surface area (Å²) >= 11 is 0. The highest BCUT2D eigenvalue weighted by atomic mass is 32.2. The van der Waals surface area contributed by atoms with E-state index < -0.39 is 21.6 Å². The lowest BCUT2D eigenvalue weighted by Crippen LogP contribution is -2.34. The Balaban J connectivity index is 1.60. The molecule has 1 amide bonds. The fourth-order valence-corrected chi connectivity index (χ4v) is 3.96. The number of carbonyl (C=O) groups is 1. The molecule has 0 fully saturated rings. The van der Waals surface area contributed by atoms with Crippen molar-refractivity contribution in [1.82, 2.24) is 25.5 Å². The van der Waals surface area contributed by atoms with Crippen LogP contribution < -0.4 is 5.32 Å². The molecule has 2 heterocycles. The number of hydrogen-bond donors (Lipinski definition) is 1. The first-order chi connectivity index (χ1) is 12.0. The van der Waals surface area contributed by atoms with Crippen LogP contribution in [0.2, 0.25) is 0 Å². The van der Waals surface area contributed by atoms with Crippen LogP contribution in [0.5, 0.6) is 0 Å². The largest absolute Gasteiger partial charge is 0.354 e. The summed E-state index contributed by atoms with van der Waals surface area (Å²) < 4.78 is 38.9. The maximum atomic E-state index is 12.9. The van der Waals surface area contributed by atoms with Crippen LogP contribution in [-0.4, -0.2) is 46.8 Å². The lowest BCUT2D eigenvalue weighted by atomic mass is 10.0. The number of nitrogens with one attached hydrogen (secondary N) is 1. The number of amides is 1. The minimum absolute atomic E-state index is 0.0292. The van der Waals surface area contributed by atoms with Crippen LogP contribution in [0.3, 0.4) is 0 Å². The molecular weight excluding hydrogens is 349 g/mol. The molecule has 0 unspecified atom stereocenters. The fourth-order valence-electron chi connectivity index (χ4n) is 2.80. The normalized spacial score (nSPS) is 17.6. The summed E-state index contributed by atoms with van der Waals surface area (Å²) in [5.41, 5.74) is 0. The number of tetrazole rings is 1. The molecule has 1 N–H and O–H groups in total. The summed E-state index contributed by atoms with van der Waals surface area (Å²) in [6, 6.07) is 4.62. The zero-order valence-electron chi connectivity index (χ0n) is 13.4. The van der Waals surface area contributed by atoms with Crippen molar-refractivity contribution in [2.24, 2.45) is 0 Å². The molecule has 0 bridgehead atoms. The van der Waals surface area contributed by atoms with Crippen molar-refractivity contribution in [1.29, 1.82) is 0 Å². The third kappa shape index (κ3) is 4.01. The second kappa shape index (κ2) is 7.26. The van der Waals surface area contributed by atoms with E-state index in [1.54, 1.807) is 4.68 Å². The van der Waals surface area contributed by atoms with Crippen LogP contribution in [0.1, 0.15) is 31.0 Å². The highest BCUT2D eigenvalue weighted by Gasteiger charge is 2.28. The quantitative estimate of drug-likeness (QED) is 0.779. The van der Waals surface area contributed by atoms with Gasteiger partial charge in [0.15, 0.2) is 15.7 Å². The Hall–Kier alpha value is -2.36. The fraction of sp³-hybridized carbons (Fsp3) is 0.467. The van der Waals surface area contributed by atoms with Crippen molar-refractivity contribution in [2.75, 3.05) is 12.3 Å². The lowest BCUT2D eigenvalue weighted by molar-refractivity contribution is -0.122. The number of hydrogen-bond acceptors (Lipinski definition) is 6.